The maximum Gasteiger partial charge on any atom is 0.303 e. The summed E-state index contributed by atoms with van der Waals surface area (Å²) in [4.78, 5) is 16.0. The van der Waals surface area contributed by atoms with E-state index in [-0.39, 0.29) is 6.42 Å². The van der Waals surface area contributed by atoms with Gasteiger partial charge in [-0.05, 0) is 12.5 Å². The Hall–Kier alpha value is -1.08. The van der Waals surface area contributed by atoms with E-state index in [1.165, 1.54) is 22.7 Å². The van der Waals surface area contributed by atoms with Crippen LogP contribution in [0.2, 0.25) is 8.67 Å². The Bertz CT molecular complexity index is 791. The summed E-state index contributed by atoms with van der Waals surface area (Å²) in [7, 11) is 0. The van der Waals surface area contributed by atoms with Crippen LogP contribution in [0, 0.1) is 0 Å². The summed E-state index contributed by atoms with van der Waals surface area (Å²) in [6.07, 6.45) is 2.45. The molecule has 3 heterocycles. The van der Waals surface area contributed by atoms with Crippen molar-refractivity contribution in [2.45, 2.75) is 12.8 Å². The lowest BCUT2D eigenvalue weighted by molar-refractivity contribution is -0.136. The number of halogens is 2. The Labute approximate surface area is 132 Å². The molecule has 0 amide bonds. The minimum Gasteiger partial charge on any atom is -0.481 e. The van der Waals surface area contributed by atoms with Gasteiger partial charge >= 0.3 is 5.97 Å². The van der Waals surface area contributed by atoms with Crippen LogP contribution in [0.15, 0.2) is 17.6 Å². The number of carboxylic acids is 1. The molecule has 1 N–H and O–H groups in total. The van der Waals surface area contributed by atoms with Gasteiger partial charge in [-0.2, -0.15) is 0 Å². The van der Waals surface area contributed by atoms with Gasteiger partial charge in [-0.3, -0.25) is 9.20 Å². The Morgan fingerprint density at radius 1 is 1.45 bits per heavy atom. The molecular weight excluding hydrogens is 339 g/mol. The molecule has 3 rings (SSSR count). The van der Waals surface area contributed by atoms with Crippen LogP contribution in [-0.4, -0.2) is 20.5 Å². The predicted molar refractivity (Wildman–Crippen MR) is 82.4 cm³/mol. The number of rotatable bonds is 4. The third-order valence-corrected chi connectivity index (χ3v) is 5.19. The Balaban J connectivity index is 1.99. The van der Waals surface area contributed by atoms with E-state index in [1.807, 2.05) is 16.0 Å². The Kier molecular flexibility index (Phi) is 3.72. The lowest BCUT2D eigenvalue weighted by Crippen LogP contribution is -1.99. The summed E-state index contributed by atoms with van der Waals surface area (Å²) < 4.78 is 3.13. The number of hydrogen-bond acceptors (Lipinski definition) is 4. The highest BCUT2D eigenvalue weighted by molar-refractivity contribution is 7.20. The van der Waals surface area contributed by atoms with Gasteiger partial charge in [-0.25, -0.2) is 4.98 Å². The largest absolute Gasteiger partial charge is 0.481 e. The maximum absolute atomic E-state index is 10.7. The van der Waals surface area contributed by atoms with Crippen molar-refractivity contribution in [2.24, 2.45) is 0 Å². The minimum atomic E-state index is -0.808. The fraction of sp³-hybridized carbons (Fsp3) is 0.167. The molecule has 104 valence electrons. The highest BCUT2D eigenvalue weighted by Gasteiger charge is 2.14. The third kappa shape index (κ3) is 2.56. The lowest BCUT2D eigenvalue weighted by Gasteiger charge is -1.95. The van der Waals surface area contributed by atoms with Crippen LogP contribution < -0.4 is 0 Å². The van der Waals surface area contributed by atoms with Gasteiger partial charge in [-0.15, -0.1) is 22.7 Å². The van der Waals surface area contributed by atoms with Gasteiger partial charge in [0.1, 0.15) is 4.34 Å². The van der Waals surface area contributed by atoms with Crippen molar-refractivity contribution in [3.05, 3.63) is 32.0 Å². The van der Waals surface area contributed by atoms with Gasteiger partial charge in [0.25, 0.3) is 0 Å². The number of thiophene rings is 1. The molecular formula is C12H8Cl2N2O2S2. The molecule has 0 fully saturated rings. The van der Waals surface area contributed by atoms with Crippen LogP contribution in [0.4, 0.5) is 0 Å². The second kappa shape index (κ2) is 5.37. The summed E-state index contributed by atoms with van der Waals surface area (Å²) >= 11 is 14.9. The number of hydrogen-bond donors (Lipinski definition) is 1. The van der Waals surface area contributed by atoms with E-state index in [4.69, 9.17) is 28.3 Å². The second-order valence-corrected chi connectivity index (χ2v) is 7.26. The van der Waals surface area contributed by atoms with E-state index in [9.17, 15) is 4.79 Å². The average Bonchev–Trinajstić information content (AvgIpc) is 3.00. The number of aryl methyl sites for hydroxylation is 1. The van der Waals surface area contributed by atoms with Gasteiger partial charge < -0.3 is 5.11 Å². The van der Waals surface area contributed by atoms with E-state index in [2.05, 4.69) is 4.98 Å². The van der Waals surface area contributed by atoms with Crippen molar-refractivity contribution < 1.29 is 9.90 Å². The van der Waals surface area contributed by atoms with E-state index >= 15 is 0 Å². The van der Waals surface area contributed by atoms with Crippen LogP contribution in [0.1, 0.15) is 12.1 Å². The van der Waals surface area contributed by atoms with Crippen molar-refractivity contribution in [1.82, 2.24) is 9.38 Å². The van der Waals surface area contributed by atoms with Gasteiger partial charge in [-0.1, -0.05) is 23.2 Å². The number of carbonyl (C=O) groups is 1. The highest BCUT2D eigenvalue weighted by atomic mass is 35.5. The first kappa shape index (κ1) is 13.9. The smallest absolute Gasteiger partial charge is 0.303 e. The van der Waals surface area contributed by atoms with E-state index in [0.29, 0.717) is 15.1 Å². The first-order valence-electron chi connectivity index (χ1n) is 5.67. The predicted octanol–water partition coefficient (Wildman–Crippen LogP) is 4.45. The molecule has 0 aliphatic rings. The minimum absolute atomic E-state index is 0.102. The number of aromatic nitrogens is 2. The molecule has 0 saturated carbocycles. The SMILES string of the molecule is O=C(O)CCc1csc2nc(-c3cc(Cl)sc3Cl)cn12. The zero-order chi connectivity index (χ0) is 14.3. The number of thiazole rings is 1. The molecule has 3 aromatic rings. The monoisotopic (exact) mass is 346 g/mol. The molecule has 4 nitrogen and oxygen atoms in total. The number of fused-ring (bicyclic) bond motifs is 1. The lowest BCUT2D eigenvalue weighted by atomic mass is 10.2. The van der Waals surface area contributed by atoms with Crippen LogP contribution >= 0.6 is 45.9 Å². The van der Waals surface area contributed by atoms with Crippen LogP contribution in [-0.2, 0) is 11.2 Å². The van der Waals surface area contributed by atoms with Crippen LogP contribution in [0.25, 0.3) is 16.2 Å². The van der Waals surface area contributed by atoms with Crippen LogP contribution in [0.3, 0.4) is 0 Å². The molecule has 3 aromatic heterocycles. The topological polar surface area (TPSA) is 54.6 Å². The summed E-state index contributed by atoms with van der Waals surface area (Å²) in [6, 6.07) is 1.79. The van der Waals surface area contributed by atoms with Crippen molar-refractivity contribution >= 4 is 56.8 Å². The number of carboxylic acid groups (broad SMARTS) is 1. The van der Waals surface area contributed by atoms with Gasteiger partial charge in [0.15, 0.2) is 4.96 Å². The summed E-state index contributed by atoms with van der Waals surface area (Å²) in [6.45, 7) is 0. The first-order chi connectivity index (χ1) is 9.54. The quantitative estimate of drug-likeness (QED) is 0.759. The normalized spacial score (nSPS) is 11.3. The Morgan fingerprint density at radius 2 is 2.25 bits per heavy atom. The first-order valence-corrected chi connectivity index (χ1v) is 8.12. The zero-order valence-corrected chi connectivity index (χ0v) is 13.1. The maximum atomic E-state index is 10.7. The molecule has 0 spiro atoms. The standard InChI is InChI=1S/C12H8Cl2N2O2S2/c13-9-3-7(11(14)20-9)8-4-16-6(1-2-10(17)18)5-19-12(16)15-8/h3-5H,1-2H2,(H,17,18). The molecule has 0 bridgehead atoms. The number of aliphatic carboxylic acids is 1. The fourth-order valence-electron chi connectivity index (χ4n) is 1.89. The number of imidazole rings is 1. The molecule has 20 heavy (non-hydrogen) atoms. The summed E-state index contributed by atoms with van der Waals surface area (Å²) in [5, 5.41) is 10.7. The molecule has 0 radical (unpaired) electrons. The fourth-order valence-corrected chi connectivity index (χ4v) is 4.28. The van der Waals surface area contributed by atoms with E-state index < -0.39 is 5.97 Å². The second-order valence-electron chi connectivity index (χ2n) is 4.14. The molecule has 0 unspecified atom stereocenters. The summed E-state index contributed by atoms with van der Waals surface area (Å²) in [5.41, 5.74) is 2.49. The molecule has 0 aliphatic carbocycles. The van der Waals surface area contributed by atoms with E-state index in [0.717, 1.165) is 21.9 Å². The zero-order valence-electron chi connectivity index (χ0n) is 9.97. The molecule has 0 aliphatic heterocycles. The van der Waals surface area contributed by atoms with Crippen LogP contribution in [0.5, 0.6) is 0 Å². The molecule has 0 saturated heterocycles. The Morgan fingerprint density at radius 3 is 2.90 bits per heavy atom. The summed E-state index contributed by atoms with van der Waals surface area (Å²) in [5.74, 6) is -0.808. The molecule has 0 aromatic carbocycles. The van der Waals surface area contributed by atoms with Gasteiger partial charge in [0.2, 0.25) is 0 Å². The van der Waals surface area contributed by atoms with Crippen molar-refractivity contribution in [2.75, 3.05) is 0 Å². The number of nitrogens with zero attached hydrogens (tertiary/aromatic N) is 2. The van der Waals surface area contributed by atoms with E-state index in [1.54, 1.807) is 6.07 Å². The van der Waals surface area contributed by atoms with Gasteiger partial charge in [0, 0.05) is 22.8 Å². The van der Waals surface area contributed by atoms with Crippen molar-refractivity contribution in [3.8, 4) is 11.3 Å². The highest BCUT2D eigenvalue weighted by Crippen LogP contribution is 2.38. The molecule has 0 atom stereocenters. The third-order valence-electron chi connectivity index (χ3n) is 2.81. The van der Waals surface area contributed by atoms with Crippen molar-refractivity contribution in [3.63, 3.8) is 0 Å². The van der Waals surface area contributed by atoms with Gasteiger partial charge in [0.05, 0.1) is 16.5 Å². The average molecular weight is 347 g/mol. The van der Waals surface area contributed by atoms with Crippen molar-refractivity contribution in [1.29, 1.82) is 0 Å². The molecule has 8 heteroatoms.